The molecule has 0 fully saturated rings. The van der Waals surface area contributed by atoms with Gasteiger partial charge in [-0.3, -0.25) is 14.3 Å². The monoisotopic (exact) mass is 336 g/mol. The van der Waals surface area contributed by atoms with Crippen LogP contribution in [-0.2, 0) is 11.3 Å². The molecule has 1 heterocycles. The van der Waals surface area contributed by atoms with Crippen molar-refractivity contribution in [3.8, 4) is 0 Å². The summed E-state index contributed by atoms with van der Waals surface area (Å²) in [6, 6.07) is 7.02. The highest BCUT2D eigenvalue weighted by Gasteiger charge is 2.08. The van der Waals surface area contributed by atoms with Gasteiger partial charge in [0.2, 0.25) is 5.91 Å². The molecule has 0 aliphatic heterocycles. The average Bonchev–Trinajstić information content (AvgIpc) is 2.86. The molecule has 0 unspecified atom stereocenters. The third kappa shape index (κ3) is 3.67. The molecular weight excluding hydrogens is 324 g/mol. The molecule has 1 aromatic carbocycles. The Balaban J connectivity index is 2.01. The van der Waals surface area contributed by atoms with Crippen molar-refractivity contribution in [3.63, 3.8) is 0 Å². The van der Waals surface area contributed by atoms with Gasteiger partial charge < -0.3 is 10.6 Å². The molecule has 20 heavy (non-hydrogen) atoms. The third-order valence-electron chi connectivity index (χ3n) is 2.58. The van der Waals surface area contributed by atoms with Gasteiger partial charge in [0.25, 0.3) is 5.91 Å². The Bertz CT molecular complexity index is 622. The minimum Gasteiger partial charge on any atom is -0.358 e. The van der Waals surface area contributed by atoms with Crippen LogP contribution in [0.25, 0.3) is 0 Å². The number of likely N-dealkylation sites (N-methyl/N-ethyl adjacent to an activating group) is 1. The Kier molecular flexibility index (Phi) is 4.52. The second-order valence-electron chi connectivity index (χ2n) is 4.06. The first kappa shape index (κ1) is 14.3. The molecule has 6 nitrogen and oxygen atoms in total. The van der Waals surface area contributed by atoms with E-state index >= 15 is 0 Å². The summed E-state index contributed by atoms with van der Waals surface area (Å²) in [5.41, 5.74) is 1.09. The van der Waals surface area contributed by atoms with Crippen molar-refractivity contribution in [2.75, 3.05) is 12.4 Å². The number of anilines is 1. The number of nitrogens with one attached hydrogen (secondary N) is 2. The van der Waals surface area contributed by atoms with Crippen LogP contribution >= 0.6 is 15.9 Å². The van der Waals surface area contributed by atoms with Gasteiger partial charge >= 0.3 is 0 Å². The number of amides is 2. The van der Waals surface area contributed by atoms with Crippen molar-refractivity contribution in [2.45, 2.75) is 6.54 Å². The maximum atomic E-state index is 12.0. The van der Waals surface area contributed by atoms with Crippen LogP contribution in [0.2, 0.25) is 0 Å². The fraction of sp³-hybridized carbons (Fsp3) is 0.154. The standard InChI is InChI=1S/C13H13BrN4O2/c1-15-12(19)8-18-7-11(6-16-18)17-13(20)9-2-4-10(14)5-3-9/h2-7H,8H2,1H3,(H,15,19)(H,17,20). The van der Waals surface area contributed by atoms with E-state index in [0.29, 0.717) is 11.3 Å². The minimum absolute atomic E-state index is 0.116. The second-order valence-corrected chi connectivity index (χ2v) is 4.98. The highest BCUT2D eigenvalue weighted by molar-refractivity contribution is 9.10. The van der Waals surface area contributed by atoms with E-state index in [1.54, 1.807) is 37.5 Å². The largest absolute Gasteiger partial charge is 0.358 e. The first-order chi connectivity index (χ1) is 9.58. The highest BCUT2D eigenvalue weighted by Crippen LogP contribution is 2.12. The predicted molar refractivity (Wildman–Crippen MR) is 78.4 cm³/mol. The fourth-order valence-corrected chi connectivity index (χ4v) is 1.81. The number of carbonyl (C=O) groups is 2. The van der Waals surface area contributed by atoms with Gasteiger partial charge in [0.1, 0.15) is 6.54 Å². The zero-order valence-corrected chi connectivity index (χ0v) is 12.3. The van der Waals surface area contributed by atoms with Gasteiger partial charge in [0.15, 0.2) is 0 Å². The van der Waals surface area contributed by atoms with E-state index in [0.717, 1.165) is 4.47 Å². The SMILES string of the molecule is CNC(=O)Cn1cc(NC(=O)c2ccc(Br)cc2)cn1. The molecule has 0 aliphatic carbocycles. The Morgan fingerprint density at radius 1 is 1.30 bits per heavy atom. The molecule has 0 aliphatic rings. The molecule has 0 radical (unpaired) electrons. The lowest BCUT2D eigenvalue weighted by atomic mass is 10.2. The molecular formula is C13H13BrN4O2. The molecule has 1 aromatic heterocycles. The zero-order chi connectivity index (χ0) is 14.5. The van der Waals surface area contributed by atoms with Gasteiger partial charge in [-0.2, -0.15) is 5.10 Å². The van der Waals surface area contributed by atoms with Gasteiger partial charge in [-0.1, -0.05) is 15.9 Å². The topological polar surface area (TPSA) is 76.0 Å². The average molecular weight is 337 g/mol. The molecule has 2 amide bonds. The number of carbonyl (C=O) groups excluding carboxylic acids is 2. The van der Waals surface area contributed by atoms with Crippen LogP contribution in [0.5, 0.6) is 0 Å². The van der Waals surface area contributed by atoms with Crippen molar-refractivity contribution < 1.29 is 9.59 Å². The number of halogens is 1. The Labute approximate surface area is 124 Å². The molecule has 7 heteroatoms. The highest BCUT2D eigenvalue weighted by atomic mass is 79.9. The minimum atomic E-state index is -0.225. The smallest absolute Gasteiger partial charge is 0.255 e. The van der Waals surface area contributed by atoms with Crippen LogP contribution in [0, 0.1) is 0 Å². The van der Waals surface area contributed by atoms with Crippen LogP contribution < -0.4 is 10.6 Å². The quantitative estimate of drug-likeness (QED) is 0.891. The molecule has 0 atom stereocenters. The van der Waals surface area contributed by atoms with E-state index in [2.05, 4.69) is 31.7 Å². The Morgan fingerprint density at radius 3 is 2.65 bits per heavy atom. The molecule has 2 N–H and O–H groups in total. The van der Waals surface area contributed by atoms with Gasteiger partial charge in [-0.05, 0) is 24.3 Å². The summed E-state index contributed by atoms with van der Waals surface area (Å²) in [7, 11) is 1.56. The van der Waals surface area contributed by atoms with Gasteiger partial charge in [0.05, 0.1) is 11.9 Å². The maximum Gasteiger partial charge on any atom is 0.255 e. The number of rotatable bonds is 4. The summed E-state index contributed by atoms with van der Waals surface area (Å²) in [4.78, 5) is 23.2. The molecule has 2 rings (SSSR count). The zero-order valence-electron chi connectivity index (χ0n) is 10.8. The van der Waals surface area contributed by atoms with Crippen molar-refractivity contribution in [1.29, 1.82) is 0 Å². The van der Waals surface area contributed by atoms with E-state index < -0.39 is 0 Å². The number of hydrogen-bond acceptors (Lipinski definition) is 3. The number of benzene rings is 1. The van der Waals surface area contributed by atoms with Crippen LogP contribution in [0.4, 0.5) is 5.69 Å². The molecule has 104 valence electrons. The molecule has 0 saturated carbocycles. The van der Waals surface area contributed by atoms with Gasteiger partial charge in [-0.25, -0.2) is 0 Å². The Hall–Kier alpha value is -2.15. The maximum absolute atomic E-state index is 12.0. The summed E-state index contributed by atoms with van der Waals surface area (Å²) in [5, 5.41) is 9.22. The fourth-order valence-electron chi connectivity index (χ4n) is 1.55. The molecule has 2 aromatic rings. The third-order valence-corrected chi connectivity index (χ3v) is 3.11. The number of nitrogens with zero attached hydrogens (tertiary/aromatic N) is 2. The number of hydrogen-bond donors (Lipinski definition) is 2. The number of aromatic nitrogens is 2. The summed E-state index contributed by atoms with van der Waals surface area (Å²) in [6.07, 6.45) is 3.10. The van der Waals surface area contributed by atoms with Gasteiger partial charge in [0, 0.05) is 23.3 Å². The molecule has 0 spiro atoms. The van der Waals surface area contributed by atoms with E-state index in [-0.39, 0.29) is 18.4 Å². The van der Waals surface area contributed by atoms with Crippen molar-refractivity contribution >= 4 is 33.4 Å². The van der Waals surface area contributed by atoms with Crippen molar-refractivity contribution in [2.24, 2.45) is 0 Å². The Morgan fingerprint density at radius 2 is 2.00 bits per heavy atom. The lowest BCUT2D eigenvalue weighted by Gasteiger charge is -2.02. The predicted octanol–water partition coefficient (Wildman–Crippen LogP) is 1.64. The summed E-state index contributed by atoms with van der Waals surface area (Å²) in [6.45, 7) is 0.116. The van der Waals surface area contributed by atoms with Crippen LogP contribution in [-0.4, -0.2) is 28.6 Å². The lowest BCUT2D eigenvalue weighted by molar-refractivity contribution is -0.121. The van der Waals surface area contributed by atoms with Crippen LogP contribution in [0.3, 0.4) is 0 Å². The second kappa shape index (κ2) is 6.33. The van der Waals surface area contributed by atoms with Crippen LogP contribution in [0.15, 0.2) is 41.1 Å². The van der Waals surface area contributed by atoms with E-state index in [9.17, 15) is 9.59 Å². The van der Waals surface area contributed by atoms with E-state index in [1.165, 1.54) is 10.9 Å². The first-order valence-electron chi connectivity index (χ1n) is 5.88. The summed E-state index contributed by atoms with van der Waals surface area (Å²) >= 11 is 3.31. The van der Waals surface area contributed by atoms with E-state index in [1.807, 2.05) is 0 Å². The van der Waals surface area contributed by atoms with Crippen LogP contribution in [0.1, 0.15) is 10.4 Å². The summed E-state index contributed by atoms with van der Waals surface area (Å²) in [5.74, 6) is -0.379. The molecule has 0 bridgehead atoms. The van der Waals surface area contributed by atoms with Crippen molar-refractivity contribution in [3.05, 3.63) is 46.7 Å². The summed E-state index contributed by atoms with van der Waals surface area (Å²) < 4.78 is 2.36. The first-order valence-corrected chi connectivity index (χ1v) is 6.68. The molecule has 0 saturated heterocycles. The van der Waals surface area contributed by atoms with E-state index in [4.69, 9.17) is 0 Å². The lowest BCUT2D eigenvalue weighted by Crippen LogP contribution is -2.23. The van der Waals surface area contributed by atoms with Gasteiger partial charge in [-0.15, -0.1) is 0 Å². The van der Waals surface area contributed by atoms with Crippen molar-refractivity contribution in [1.82, 2.24) is 15.1 Å². The normalized spacial score (nSPS) is 10.1.